The molecule has 0 aliphatic carbocycles. The van der Waals surface area contributed by atoms with Gasteiger partial charge in [-0.05, 0) is 58.9 Å². The molecule has 1 nitrogen and oxygen atoms in total. The second-order valence-electron chi connectivity index (χ2n) is 5.70. The number of hydrogen-bond acceptors (Lipinski definition) is 1. The van der Waals surface area contributed by atoms with E-state index in [1.807, 2.05) is 24.3 Å². The number of rotatable bonds is 3. The van der Waals surface area contributed by atoms with E-state index in [9.17, 15) is 5.26 Å². The van der Waals surface area contributed by atoms with Gasteiger partial charge in [-0.25, -0.2) is 0 Å². The molecule has 0 saturated carbocycles. The summed E-state index contributed by atoms with van der Waals surface area (Å²) in [7, 11) is 0. The van der Waals surface area contributed by atoms with E-state index in [0.29, 0.717) is 5.56 Å². The Labute approximate surface area is 137 Å². The summed E-state index contributed by atoms with van der Waals surface area (Å²) in [4.78, 5) is 0. The van der Waals surface area contributed by atoms with Crippen LogP contribution < -0.4 is 0 Å². The lowest BCUT2D eigenvalue weighted by atomic mass is 9.90. The molecule has 3 rings (SSSR count). The van der Waals surface area contributed by atoms with Crippen LogP contribution >= 0.6 is 0 Å². The Balaban J connectivity index is 2.22. The fourth-order valence-corrected chi connectivity index (χ4v) is 3.01. The summed E-state index contributed by atoms with van der Waals surface area (Å²) in [6.07, 6.45) is 0.990. The van der Waals surface area contributed by atoms with Crippen LogP contribution in [0.15, 0.2) is 66.7 Å². The molecule has 23 heavy (non-hydrogen) atoms. The maximum atomic E-state index is 9.36. The van der Waals surface area contributed by atoms with Gasteiger partial charge in [-0.15, -0.1) is 0 Å². The van der Waals surface area contributed by atoms with Crippen molar-refractivity contribution >= 4 is 0 Å². The average molecular weight is 297 g/mol. The van der Waals surface area contributed by atoms with Gasteiger partial charge < -0.3 is 0 Å². The van der Waals surface area contributed by atoms with Crippen molar-refractivity contribution in [2.45, 2.75) is 20.3 Å². The average Bonchev–Trinajstić information content (AvgIpc) is 2.61. The molecule has 0 bridgehead atoms. The molecule has 0 aliphatic heterocycles. The Morgan fingerprint density at radius 3 is 2.22 bits per heavy atom. The van der Waals surface area contributed by atoms with E-state index in [1.54, 1.807) is 0 Å². The normalized spacial score (nSPS) is 10.3. The first kappa shape index (κ1) is 15.1. The molecule has 0 atom stereocenters. The van der Waals surface area contributed by atoms with Gasteiger partial charge in [0.2, 0.25) is 0 Å². The maximum absolute atomic E-state index is 9.36. The standard InChI is InChI=1S/C22H19N/c1-3-17-12-13-18(21-11-7-5-9-19(21)15-23)14-22(17)20-10-6-4-8-16(20)2/h4-14H,3H2,1-2H3. The fraction of sp³-hybridized carbons (Fsp3) is 0.136. The third-order valence-electron chi connectivity index (χ3n) is 4.28. The quantitative estimate of drug-likeness (QED) is 0.602. The van der Waals surface area contributed by atoms with Crippen LogP contribution in [0.4, 0.5) is 0 Å². The van der Waals surface area contributed by atoms with Gasteiger partial charge in [-0.3, -0.25) is 0 Å². The van der Waals surface area contributed by atoms with E-state index in [2.05, 4.69) is 62.4 Å². The first-order valence-electron chi connectivity index (χ1n) is 7.93. The monoisotopic (exact) mass is 297 g/mol. The van der Waals surface area contributed by atoms with Crippen LogP contribution in [0.2, 0.25) is 0 Å². The number of benzene rings is 3. The predicted octanol–water partition coefficient (Wildman–Crippen LogP) is 5.76. The molecule has 3 aromatic rings. The van der Waals surface area contributed by atoms with Crippen LogP contribution in [0.1, 0.15) is 23.6 Å². The third kappa shape index (κ3) is 2.89. The largest absolute Gasteiger partial charge is 0.192 e. The highest BCUT2D eigenvalue weighted by atomic mass is 14.2. The lowest BCUT2D eigenvalue weighted by Gasteiger charge is -2.14. The summed E-state index contributed by atoms with van der Waals surface area (Å²) >= 11 is 0. The first-order chi connectivity index (χ1) is 11.2. The molecule has 0 N–H and O–H groups in total. The molecule has 0 fully saturated rings. The second-order valence-corrected chi connectivity index (χ2v) is 5.70. The lowest BCUT2D eigenvalue weighted by Crippen LogP contribution is -1.92. The topological polar surface area (TPSA) is 23.8 Å². The van der Waals surface area contributed by atoms with Crippen molar-refractivity contribution in [1.82, 2.24) is 0 Å². The van der Waals surface area contributed by atoms with Crippen molar-refractivity contribution < 1.29 is 0 Å². The zero-order valence-electron chi connectivity index (χ0n) is 13.5. The molecule has 0 aromatic heterocycles. The van der Waals surface area contributed by atoms with E-state index in [-0.39, 0.29) is 0 Å². The minimum Gasteiger partial charge on any atom is -0.192 e. The predicted molar refractivity (Wildman–Crippen MR) is 96.1 cm³/mol. The van der Waals surface area contributed by atoms with Crippen LogP contribution in [-0.4, -0.2) is 0 Å². The molecule has 3 aromatic carbocycles. The summed E-state index contributed by atoms with van der Waals surface area (Å²) in [5.74, 6) is 0. The minimum atomic E-state index is 0.715. The smallest absolute Gasteiger partial charge is 0.0998 e. The summed E-state index contributed by atoms with van der Waals surface area (Å²) < 4.78 is 0. The van der Waals surface area contributed by atoms with Gasteiger partial charge in [0.1, 0.15) is 0 Å². The van der Waals surface area contributed by atoms with Crippen molar-refractivity contribution in [2.24, 2.45) is 0 Å². The summed E-state index contributed by atoms with van der Waals surface area (Å²) in [5.41, 5.74) is 7.93. The molecule has 112 valence electrons. The molecular formula is C22H19N. The number of hydrogen-bond donors (Lipinski definition) is 0. The lowest BCUT2D eigenvalue weighted by molar-refractivity contribution is 1.14. The minimum absolute atomic E-state index is 0.715. The Morgan fingerprint density at radius 2 is 1.52 bits per heavy atom. The van der Waals surface area contributed by atoms with E-state index in [4.69, 9.17) is 0 Å². The Bertz CT molecular complexity index is 884. The van der Waals surface area contributed by atoms with Crippen molar-refractivity contribution in [3.63, 3.8) is 0 Å². The molecule has 0 unspecified atom stereocenters. The molecular weight excluding hydrogens is 278 g/mol. The zero-order chi connectivity index (χ0) is 16.2. The number of aryl methyl sites for hydroxylation is 2. The van der Waals surface area contributed by atoms with Crippen LogP contribution in [0.5, 0.6) is 0 Å². The summed E-state index contributed by atoms with van der Waals surface area (Å²) in [6.45, 7) is 4.32. The zero-order valence-corrected chi connectivity index (χ0v) is 13.5. The van der Waals surface area contributed by atoms with Gasteiger partial charge in [0.25, 0.3) is 0 Å². The van der Waals surface area contributed by atoms with Gasteiger partial charge in [0.05, 0.1) is 11.6 Å². The van der Waals surface area contributed by atoms with Crippen LogP contribution in [0.3, 0.4) is 0 Å². The molecule has 0 saturated heterocycles. The highest BCUT2D eigenvalue weighted by Crippen LogP contribution is 2.33. The van der Waals surface area contributed by atoms with Crippen LogP contribution in [0, 0.1) is 18.3 Å². The second kappa shape index (κ2) is 6.50. The van der Waals surface area contributed by atoms with Crippen LogP contribution in [0.25, 0.3) is 22.3 Å². The Kier molecular flexibility index (Phi) is 4.26. The van der Waals surface area contributed by atoms with Crippen molar-refractivity contribution in [1.29, 1.82) is 5.26 Å². The highest BCUT2D eigenvalue weighted by molar-refractivity contribution is 5.79. The van der Waals surface area contributed by atoms with Crippen molar-refractivity contribution in [2.75, 3.05) is 0 Å². The SMILES string of the molecule is CCc1ccc(-c2ccccc2C#N)cc1-c1ccccc1C. The first-order valence-corrected chi connectivity index (χ1v) is 7.93. The fourth-order valence-electron chi connectivity index (χ4n) is 3.01. The molecule has 0 amide bonds. The Morgan fingerprint density at radius 1 is 0.826 bits per heavy atom. The van der Waals surface area contributed by atoms with Crippen molar-refractivity contribution in [3.05, 3.63) is 83.4 Å². The van der Waals surface area contributed by atoms with Gasteiger partial charge >= 0.3 is 0 Å². The molecule has 1 heteroatoms. The van der Waals surface area contributed by atoms with Crippen molar-refractivity contribution in [3.8, 4) is 28.3 Å². The van der Waals surface area contributed by atoms with Gasteiger partial charge in [0, 0.05) is 0 Å². The van der Waals surface area contributed by atoms with E-state index < -0.39 is 0 Å². The summed E-state index contributed by atoms with van der Waals surface area (Å²) in [5, 5.41) is 9.36. The number of nitrogens with zero attached hydrogens (tertiary/aromatic N) is 1. The van der Waals surface area contributed by atoms with E-state index in [0.717, 1.165) is 17.5 Å². The Hall–Kier alpha value is -2.85. The van der Waals surface area contributed by atoms with Crippen LogP contribution in [-0.2, 0) is 6.42 Å². The molecule has 0 aliphatic rings. The summed E-state index contributed by atoms with van der Waals surface area (Å²) in [6, 6.07) is 25.1. The van der Waals surface area contributed by atoms with Gasteiger partial charge in [-0.1, -0.05) is 61.5 Å². The third-order valence-corrected chi connectivity index (χ3v) is 4.28. The van der Waals surface area contributed by atoms with Gasteiger partial charge in [-0.2, -0.15) is 5.26 Å². The number of nitriles is 1. The van der Waals surface area contributed by atoms with E-state index in [1.165, 1.54) is 22.3 Å². The molecule has 0 heterocycles. The van der Waals surface area contributed by atoms with Gasteiger partial charge in [0.15, 0.2) is 0 Å². The van der Waals surface area contributed by atoms with E-state index >= 15 is 0 Å². The highest BCUT2D eigenvalue weighted by Gasteiger charge is 2.10. The maximum Gasteiger partial charge on any atom is 0.0998 e. The molecule has 0 spiro atoms. The molecule has 0 radical (unpaired) electrons.